The first-order chi connectivity index (χ1) is 43.0. The maximum absolute atomic E-state index is 15.6. The second kappa shape index (κ2) is 25.8. The van der Waals surface area contributed by atoms with Crippen molar-refractivity contribution in [2.45, 2.75) is 279 Å². The lowest BCUT2D eigenvalue weighted by atomic mass is 9.33. The number of ether oxygens (including phenoxy) is 12. The van der Waals surface area contributed by atoms with Crippen molar-refractivity contribution in [1.82, 2.24) is 0 Å². The number of allylic oxidation sites excluding steroid dienone is 2. The van der Waals surface area contributed by atoms with Crippen LogP contribution in [0.25, 0.3) is 0 Å². The van der Waals surface area contributed by atoms with Crippen LogP contribution in [0.15, 0.2) is 11.6 Å². The van der Waals surface area contributed by atoms with Gasteiger partial charge in [0, 0.05) is 5.41 Å². The Morgan fingerprint density at radius 2 is 1.23 bits per heavy atom. The number of carbonyl (C=O) groups is 3. The second-order valence-corrected chi connectivity index (χ2v) is 30.5. The molecule has 0 bridgehead atoms. The molecule has 5 aliphatic carbocycles. The Hall–Kier alpha value is -2.77. The van der Waals surface area contributed by atoms with E-state index in [1.54, 1.807) is 0 Å². The highest BCUT2D eigenvalue weighted by molar-refractivity contribution is 5.79. The molecular formula is C63H98O29. The van der Waals surface area contributed by atoms with E-state index in [1.165, 1.54) is 13.8 Å². The molecule has 4 saturated carbocycles. The normalized spacial score (nSPS) is 54.2. The van der Waals surface area contributed by atoms with Crippen molar-refractivity contribution in [1.29, 1.82) is 0 Å². The molecule has 0 aromatic carbocycles. The summed E-state index contributed by atoms with van der Waals surface area (Å²) in [5.74, 6) is -3.64. The number of rotatable bonds is 7. The van der Waals surface area contributed by atoms with Gasteiger partial charge in [0.1, 0.15) is 85.5 Å². The number of hydrogen-bond acceptors (Lipinski definition) is 29. The van der Waals surface area contributed by atoms with E-state index in [9.17, 15) is 81.1 Å². The van der Waals surface area contributed by atoms with Crippen LogP contribution < -0.4 is 0 Å². The first-order valence-electron chi connectivity index (χ1n) is 32.6. The van der Waals surface area contributed by atoms with E-state index >= 15 is 4.79 Å². The fourth-order valence-electron chi connectivity index (χ4n) is 18.5. The van der Waals surface area contributed by atoms with Crippen molar-refractivity contribution in [3.8, 4) is 0 Å². The van der Waals surface area contributed by atoms with Crippen LogP contribution in [-0.4, -0.2) is 275 Å². The van der Waals surface area contributed by atoms with E-state index < -0.39 is 243 Å². The van der Waals surface area contributed by atoms with E-state index in [2.05, 4.69) is 40.7 Å². The zero-order valence-electron chi connectivity index (χ0n) is 53.4. The molecule has 10 fully saturated rings. The van der Waals surface area contributed by atoms with Crippen molar-refractivity contribution >= 4 is 17.9 Å². The summed E-state index contributed by atoms with van der Waals surface area (Å²) < 4.78 is 72.2. The Morgan fingerprint density at radius 3 is 1.93 bits per heavy atom. The molecular weight excluding hydrogens is 1220 g/mol. The lowest BCUT2D eigenvalue weighted by molar-refractivity contribution is -0.378. The summed E-state index contributed by atoms with van der Waals surface area (Å²) in [6.07, 6.45) is -34.3. The van der Waals surface area contributed by atoms with Gasteiger partial charge in [0.15, 0.2) is 37.4 Å². The molecule has 6 aliphatic heterocycles. The summed E-state index contributed by atoms with van der Waals surface area (Å²) in [6, 6.07) is 0. The Bertz CT molecular complexity index is 2700. The number of cyclic esters (lactones) is 1. The van der Waals surface area contributed by atoms with Gasteiger partial charge in [-0.1, -0.05) is 53.2 Å². The summed E-state index contributed by atoms with van der Waals surface area (Å²) in [6.45, 7) is 12.8. The molecule has 6 saturated heterocycles. The Balaban J connectivity index is 0.881. The van der Waals surface area contributed by atoms with Gasteiger partial charge in [0.25, 0.3) is 0 Å². The van der Waals surface area contributed by atoms with E-state index in [0.29, 0.717) is 51.4 Å². The fraction of sp³-hybridized carbons (Fsp3) is 0.921. The first kappa shape index (κ1) is 70.5. The van der Waals surface area contributed by atoms with Gasteiger partial charge < -0.3 is 128 Å². The van der Waals surface area contributed by atoms with Gasteiger partial charge in [0.2, 0.25) is 6.29 Å². The Kier molecular flexibility index (Phi) is 19.8. The molecule has 0 radical (unpaired) electrons. The number of fused-ring (bicyclic) bond motifs is 11. The summed E-state index contributed by atoms with van der Waals surface area (Å²) in [7, 11) is 0. The van der Waals surface area contributed by atoms with Gasteiger partial charge in [-0.3, -0.25) is 14.4 Å². The van der Waals surface area contributed by atoms with Crippen molar-refractivity contribution in [2.24, 2.45) is 50.2 Å². The topological polar surface area (TPSA) is 445 Å². The first-order valence-corrected chi connectivity index (χ1v) is 32.6. The van der Waals surface area contributed by atoms with Gasteiger partial charge >= 0.3 is 17.9 Å². The highest BCUT2D eigenvalue weighted by Crippen LogP contribution is 2.76. The van der Waals surface area contributed by atoms with Gasteiger partial charge in [-0.15, -0.1) is 0 Å². The highest BCUT2D eigenvalue weighted by Gasteiger charge is 2.72. The van der Waals surface area contributed by atoms with Crippen molar-refractivity contribution in [3.05, 3.63) is 11.6 Å². The standard InChI is InChI=1S/C63H98O29/c1-26-38(71)46(88-51-44(77)39(72)30(66)22-81-51)45(78)52(85-26)89-48-41(74)32(68)24-83-54(48)92-56(79)63-15-13-57(2,3)17-28(63)27-9-10-35-59(5)18-29(65)50-60(6,34(59)11-12-62(35,8)61(27,7)14-16-63)25-84-36(69)19-58(4,80)20-37(70)87-47-40(73)31(67)23-82-53(47)90-49-43(76)42(75)33(21-64)86-55(49)91-50/h9,26,28-35,38-55,64-68,71-78,80H,10-25H2,1-8H3. The minimum atomic E-state index is -2.07. The molecule has 0 spiro atoms. The molecule has 11 aliphatic rings. The van der Waals surface area contributed by atoms with E-state index in [1.807, 2.05) is 6.92 Å². The maximum atomic E-state index is 15.6. The average Bonchev–Trinajstić information content (AvgIpc) is 0.674. The van der Waals surface area contributed by atoms with Gasteiger partial charge in [0.05, 0.1) is 75.2 Å². The monoisotopic (exact) mass is 1320 g/mol. The third-order valence-corrected chi connectivity index (χ3v) is 23.9. The number of hydrogen-bond donors (Lipinski definition) is 14. The van der Waals surface area contributed by atoms with Crippen LogP contribution in [0.1, 0.15) is 126 Å². The molecule has 524 valence electrons. The smallest absolute Gasteiger partial charge is 0.315 e. The largest absolute Gasteiger partial charge is 0.465 e. The molecule has 33 unspecified atom stereocenters. The maximum Gasteiger partial charge on any atom is 0.315 e. The number of aliphatic hydroxyl groups excluding tert-OH is 13. The van der Waals surface area contributed by atoms with Crippen molar-refractivity contribution in [2.75, 3.05) is 33.0 Å². The summed E-state index contributed by atoms with van der Waals surface area (Å²) >= 11 is 0. The Labute approximate surface area is 533 Å². The highest BCUT2D eigenvalue weighted by atomic mass is 16.8. The molecule has 14 N–H and O–H groups in total. The van der Waals surface area contributed by atoms with Crippen LogP contribution in [0.5, 0.6) is 0 Å². The number of carbonyl (C=O) groups excluding carboxylic acids is 3. The van der Waals surface area contributed by atoms with Crippen LogP contribution in [0, 0.1) is 50.2 Å². The predicted molar refractivity (Wildman–Crippen MR) is 306 cm³/mol. The molecule has 0 amide bonds. The lowest BCUT2D eigenvalue weighted by Gasteiger charge is -2.72. The van der Waals surface area contributed by atoms with Crippen LogP contribution in [-0.2, 0) is 71.2 Å². The molecule has 33 atom stereocenters. The van der Waals surface area contributed by atoms with E-state index in [-0.39, 0.29) is 30.3 Å². The average molecular weight is 1320 g/mol. The molecule has 29 nitrogen and oxygen atoms in total. The molecule has 11 rings (SSSR count). The minimum absolute atomic E-state index is 0.127. The number of esters is 3. The molecule has 92 heavy (non-hydrogen) atoms. The van der Waals surface area contributed by atoms with E-state index in [0.717, 1.165) is 5.57 Å². The fourth-order valence-corrected chi connectivity index (χ4v) is 18.5. The second-order valence-electron chi connectivity index (χ2n) is 30.5. The minimum Gasteiger partial charge on any atom is -0.465 e. The number of aliphatic hydroxyl groups is 14. The van der Waals surface area contributed by atoms with Gasteiger partial charge in [-0.25, -0.2) is 0 Å². The zero-order valence-corrected chi connectivity index (χ0v) is 53.4. The summed E-state index contributed by atoms with van der Waals surface area (Å²) in [5.41, 5.74) is -5.58. The summed E-state index contributed by atoms with van der Waals surface area (Å²) in [5, 5.41) is 156. The SMILES string of the molecule is CC1OC(OC2C(OC(=O)C34CCC(C)(C)CC3C3=CCC5C6(C)CC(O)C7OC8OC(CO)C(O)C(O)C8OC8OCC(O)C(O)C8OC(=O)CC(C)(O)CC(=O)OCC7(C)C6CCC5(C)C3(C)CC4)OCC(O)C2O)C(O)C(OC2OCC(O)C(O)C2O)C1O. The van der Waals surface area contributed by atoms with Crippen LogP contribution in [0.4, 0.5) is 0 Å². The Morgan fingerprint density at radius 1 is 0.587 bits per heavy atom. The van der Waals surface area contributed by atoms with Crippen LogP contribution in [0.2, 0.25) is 0 Å². The summed E-state index contributed by atoms with van der Waals surface area (Å²) in [4.78, 5) is 43.1. The molecule has 6 heterocycles. The molecule has 0 aromatic heterocycles. The van der Waals surface area contributed by atoms with Crippen LogP contribution >= 0.6 is 0 Å². The third-order valence-electron chi connectivity index (χ3n) is 23.9. The van der Waals surface area contributed by atoms with Crippen molar-refractivity contribution < 1.29 is 143 Å². The lowest BCUT2D eigenvalue weighted by Crippen LogP contribution is -2.70. The quantitative estimate of drug-likeness (QED) is 0.0535. The van der Waals surface area contributed by atoms with Crippen LogP contribution in [0.3, 0.4) is 0 Å². The van der Waals surface area contributed by atoms with E-state index in [4.69, 9.17) is 56.8 Å². The zero-order chi connectivity index (χ0) is 66.9. The van der Waals surface area contributed by atoms with Gasteiger partial charge in [-0.2, -0.15) is 0 Å². The third kappa shape index (κ3) is 12.2. The molecule has 29 heteroatoms. The van der Waals surface area contributed by atoms with Gasteiger partial charge in [-0.05, 0) is 111 Å². The predicted octanol–water partition coefficient (Wildman–Crippen LogP) is -2.68. The molecule has 0 aromatic rings. The van der Waals surface area contributed by atoms with Crippen molar-refractivity contribution in [3.63, 3.8) is 0 Å².